The van der Waals surface area contributed by atoms with Crippen molar-refractivity contribution in [3.05, 3.63) is 52.6 Å². The molecule has 7 nitrogen and oxygen atoms in total. The molecule has 0 radical (unpaired) electrons. The van der Waals surface area contributed by atoms with Crippen molar-refractivity contribution in [2.24, 2.45) is 5.73 Å². The molecule has 7 heteroatoms. The van der Waals surface area contributed by atoms with E-state index in [4.69, 9.17) is 15.2 Å². The van der Waals surface area contributed by atoms with Gasteiger partial charge in [-0.1, -0.05) is 18.2 Å². The summed E-state index contributed by atoms with van der Waals surface area (Å²) in [6, 6.07) is 6.86. The van der Waals surface area contributed by atoms with E-state index in [-0.39, 0.29) is 22.8 Å². The van der Waals surface area contributed by atoms with Crippen LogP contribution in [0.4, 0.5) is 5.69 Å². The van der Waals surface area contributed by atoms with E-state index >= 15 is 0 Å². The van der Waals surface area contributed by atoms with E-state index in [0.717, 1.165) is 0 Å². The number of carbonyl (C=O) groups excluding carboxylic acids is 3. The van der Waals surface area contributed by atoms with Crippen molar-refractivity contribution in [2.75, 3.05) is 5.32 Å². The van der Waals surface area contributed by atoms with Gasteiger partial charge in [-0.05, 0) is 33.8 Å². The third kappa shape index (κ3) is 2.31. The van der Waals surface area contributed by atoms with Gasteiger partial charge in [-0.15, -0.1) is 0 Å². The molecular formula is C19H20N2O5. The highest BCUT2D eigenvalue weighted by atomic mass is 16.5. The second-order valence-electron chi connectivity index (χ2n) is 6.53. The standard InChI is InChI=1S/C19H20N2O5/c1-9(2)25-17(23)15-16(20)26-11(4)14(10(3)22)19(15)12-7-5-6-8-13(12)21-18(19)24/h5-9H,20H2,1-4H3,(H,21,24)/t19-/m0/s1. The first-order chi connectivity index (χ1) is 12.2. The Morgan fingerprint density at radius 2 is 1.88 bits per heavy atom. The molecule has 1 aromatic carbocycles. The zero-order valence-corrected chi connectivity index (χ0v) is 15.0. The van der Waals surface area contributed by atoms with Crippen molar-refractivity contribution in [1.29, 1.82) is 0 Å². The lowest BCUT2D eigenvalue weighted by Crippen LogP contribution is -2.48. The second kappa shape index (κ2) is 6.01. The van der Waals surface area contributed by atoms with Gasteiger partial charge in [0.15, 0.2) is 5.78 Å². The van der Waals surface area contributed by atoms with Gasteiger partial charge < -0.3 is 20.5 Å². The Kier molecular flexibility index (Phi) is 4.10. The van der Waals surface area contributed by atoms with Gasteiger partial charge in [0.25, 0.3) is 0 Å². The van der Waals surface area contributed by atoms with Gasteiger partial charge in [0.05, 0.1) is 11.7 Å². The monoisotopic (exact) mass is 356 g/mol. The average Bonchev–Trinajstić information content (AvgIpc) is 2.79. The molecule has 1 spiro atoms. The number of nitrogens with one attached hydrogen (secondary N) is 1. The molecule has 26 heavy (non-hydrogen) atoms. The van der Waals surface area contributed by atoms with Crippen molar-refractivity contribution in [3.63, 3.8) is 0 Å². The van der Waals surface area contributed by atoms with E-state index in [1.807, 2.05) is 0 Å². The molecule has 0 bridgehead atoms. The maximum Gasteiger partial charge on any atom is 0.341 e. The average molecular weight is 356 g/mol. The zero-order valence-electron chi connectivity index (χ0n) is 15.0. The number of ketones is 1. The predicted octanol–water partition coefficient (Wildman–Crippen LogP) is 1.89. The van der Waals surface area contributed by atoms with Gasteiger partial charge in [-0.2, -0.15) is 0 Å². The Balaban J connectivity index is 2.38. The molecule has 1 aromatic rings. The number of fused-ring (bicyclic) bond motifs is 2. The molecule has 3 rings (SSSR count). The predicted molar refractivity (Wildman–Crippen MR) is 93.7 cm³/mol. The van der Waals surface area contributed by atoms with Gasteiger partial charge >= 0.3 is 5.97 Å². The summed E-state index contributed by atoms with van der Waals surface area (Å²) in [7, 11) is 0. The summed E-state index contributed by atoms with van der Waals surface area (Å²) in [6.07, 6.45) is -0.438. The molecule has 136 valence electrons. The molecule has 1 atom stereocenters. The minimum atomic E-state index is -1.69. The topological polar surface area (TPSA) is 108 Å². The van der Waals surface area contributed by atoms with E-state index in [9.17, 15) is 14.4 Å². The zero-order chi connectivity index (χ0) is 19.2. The molecule has 0 fully saturated rings. The number of carbonyl (C=O) groups is 3. The summed E-state index contributed by atoms with van der Waals surface area (Å²) in [5, 5.41) is 2.74. The number of allylic oxidation sites excluding steroid dienone is 1. The van der Waals surface area contributed by atoms with Gasteiger partial charge in [-0.3, -0.25) is 9.59 Å². The van der Waals surface area contributed by atoms with Crippen LogP contribution in [0.15, 0.2) is 47.1 Å². The Labute approximate surface area is 150 Å². The molecule has 2 heterocycles. The van der Waals surface area contributed by atoms with E-state index in [1.165, 1.54) is 6.92 Å². The van der Waals surface area contributed by atoms with Gasteiger partial charge in [0, 0.05) is 11.3 Å². The highest BCUT2D eigenvalue weighted by Gasteiger charge is 2.60. The SMILES string of the molecule is CC(=O)C1=C(C)OC(N)=C(C(=O)OC(C)C)[C@@]12C(=O)Nc1ccccc12. The van der Waals surface area contributed by atoms with Crippen LogP contribution < -0.4 is 11.1 Å². The summed E-state index contributed by atoms with van der Waals surface area (Å²) in [4.78, 5) is 38.5. The van der Waals surface area contributed by atoms with Crippen LogP contribution >= 0.6 is 0 Å². The third-order valence-electron chi connectivity index (χ3n) is 4.43. The molecule has 0 aliphatic carbocycles. The number of rotatable bonds is 3. The number of benzene rings is 1. The Morgan fingerprint density at radius 1 is 1.23 bits per heavy atom. The van der Waals surface area contributed by atoms with Crippen LogP contribution in [-0.2, 0) is 29.3 Å². The molecule has 1 amide bonds. The van der Waals surface area contributed by atoms with E-state index in [2.05, 4.69) is 5.32 Å². The number of amides is 1. The fraction of sp³-hybridized carbons (Fsp3) is 0.316. The number of anilines is 1. The largest absolute Gasteiger partial charge is 0.459 e. The van der Waals surface area contributed by atoms with Gasteiger partial charge in [-0.25, -0.2) is 4.79 Å². The fourth-order valence-corrected chi connectivity index (χ4v) is 3.63. The van der Waals surface area contributed by atoms with Gasteiger partial charge in [0.1, 0.15) is 16.7 Å². The minimum Gasteiger partial charge on any atom is -0.459 e. The first-order valence-electron chi connectivity index (χ1n) is 8.23. The number of Topliss-reactive ketones (excluding diaryl/α,β-unsaturated/α-hetero) is 1. The maximum absolute atomic E-state index is 13.2. The Hall–Kier alpha value is -3.09. The van der Waals surface area contributed by atoms with Crippen LogP contribution in [0, 0.1) is 0 Å². The van der Waals surface area contributed by atoms with E-state index in [1.54, 1.807) is 45.0 Å². The smallest absolute Gasteiger partial charge is 0.341 e. The minimum absolute atomic E-state index is 0.0739. The molecule has 0 saturated carbocycles. The third-order valence-corrected chi connectivity index (χ3v) is 4.43. The van der Waals surface area contributed by atoms with Gasteiger partial charge in [0.2, 0.25) is 11.8 Å². The molecule has 0 saturated heterocycles. The number of para-hydroxylation sites is 1. The normalized spacial score (nSPS) is 21.7. The summed E-state index contributed by atoms with van der Waals surface area (Å²) in [5.41, 5.74) is 5.19. The second-order valence-corrected chi connectivity index (χ2v) is 6.53. The molecule has 0 unspecified atom stereocenters. The summed E-state index contributed by atoms with van der Waals surface area (Å²) in [5.74, 6) is -1.79. The number of hydrogen-bond donors (Lipinski definition) is 2. The van der Waals surface area contributed by atoms with Crippen LogP contribution in [0.3, 0.4) is 0 Å². The fourth-order valence-electron chi connectivity index (χ4n) is 3.63. The lowest BCUT2D eigenvalue weighted by atomic mass is 9.66. The molecule has 0 aromatic heterocycles. The maximum atomic E-state index is 13.2. The molecule has 2 aliphatic rings. The van der Waals surface area contributed by atoms with Crippen LogP contribution in [0.1, 0.15) is 33.3 Å². The Bertz CT molecular complexity index is 897. The molecule has 3 N–H and O–H groups in total. The number of hydrogen-bond acceptors (Lipinski definition) is 6. The van der Waals surface area contributed by atoms with Crippen LogP contribution in [0.2, 0.25) is 0 Å². The van der Waals surface area contributed by atoms with E-state index < -0.39 is 29.2 Å². The lowest BCUT2D eigenvalue weighted by Gasteiger charge is -2.35. The van der Waals surface area contributed by atoms with Crippen molar-refractivity contribution < 1.29 is 23.9 Å². The van der Waals surface area contributed by atoms with Crippen molar-refractivity contribution in [3.8, 4) is 0 Å². The van der Waals surface area contributed by atoms with E-state index in [0.29, 0.717) is 11.3 Å². The summed E-state index contributed by atoms with van der Waals surface area (Å²) < 4.78 is 10.8. The van der Waals surface area contributed by atoms with Crippen LogP contribution in [0.25, 0.3) is 0 Å². The molecular weight excluding hydrogens is 336 g/mol. The number of nitrogens with two attached hydrogens (primary N) is 1. The Morgan fingerprint density at radius 3 is 2.50 bits per heavy atom. The lowest BCUT2D eigenvalue weighted by molar-refractivity contribution is -0.144. The van der Waals surface area contributed by atoms with Crippen LogP contribution in [-0.4, -0.2) is 23.8 Å². The van der Waals surface area contributed by atoms with Crippen molar-refractivity contribution in [2.45, 2.75) is 39.2 Å². The highest BCUT2D eigenvalue weighted by molar-refractivity contribution is 6.22. The number of esters is 1. The first kappa shape index (κ1) is 17.7. The highest BCUT2D eigenvalue weighted by Crippen LogP contribution is 2.52. The quantitative estimate of drug-likeness (QED) is 0.801. The van der Waals surface area contributed by atoms with Crippen LogP contribution in [0.5, 0.6) is 0 Å². The number of ether oxygens (including phenoxy) is 2. The summed E-state index contributed by atoms with van der Waals surface area (Å²) in [6.45, 7) is 6.23. The first-order valence-corrected chi connectivity index (χ1v) is 8.23. The molecule has 2 aliphatic heterocycles. The summed E-state index contributed by atoms with van der Waals surface area (Å²) >= 11 is 0. The van der Waals surface area contributed by atoms with Crippen molar-refractivity contribution in [1.82, 2.24) is 0 Å². The van der Waals surface area contributed by atoms with Crippen molar-refractivity contribution >= 4 is 23.3 Å².